The number of tetrazole rings is 1. The molecule has 1 saturated heterocycles. The van der Waals surface area contributed by atoms with E-state index >= 15 is 0 Å². The van der Waals surface area contributed by atoms with Crippen molar-refractivity contribution >= 4 is 29.0 Å². The molecule has 1 saturated carbocycles. The number of thioether (sulfide) groups is 1. The van der Waals surface area contributed by atoms with E-state index in [0.717, 1.165) is 62.1 Å². The van der Waals surface area contributed by atoms with Gasteiger partial charge in [0.05, 0.1) is 23.2 Å². The highest BCUT2D eigenvalue weighted by Gasteiger charge is 2.23. The van der Waals surface area contributed by atoms with Gasteiger partial charge < -0.3 is 15.1 Å². The number of piperazine rings is 1. The maximum atomic E-state index is 12.6. The number of benzene rings is 1. The second kappa shape index (κ2) is 9.58. The first-order valence-corrected chi connectivity index (χ1v) is 11.5. The van der Waals surface area contributed by atoms with Gasteiger partial charge in [-0.15, -0.1) is 5.10 Å². The van der Waals surface area contributed by atoms with Crippen molar-refractivity contribution in [2.45, 2.75) is 43.8 Å². The molecule has 0 atom stereocenters. The van der Waals surface area contributed by atoms with E-state index in [9.17, 15) is 4.79 Å². The van der Waals surface area contributed by atoms with Crippen LogP contribution in [-0.4, -0.2) is 69.5 Å². The molecule has 0 spiro atoms. The zero-order valence-corrected chi connectivity index (χ0v) is 17.8. The van der Waals surface area contributed by atoms with E-state index in [0.29, 0.717) is 11.8 Å². The molecule has 1 aromatic heterocycles. The van der Waals surface area contributed by atoms with Crippen molar-refractivity contribution < 1.29 is 4.79 Å². The third kappa shape index (κ3) is 4.90. The largest absolute Gasteiger partial charge is 0.367 e. The van der Waals surface area contributed by atoms with Crippen LogP contribution in [0, 0.1) is 0 Å². The van der Waals surface area contributed by atoms with E-state index in [2.05, 4.69) is 43.6 Å². The summed E-state index contributed by atoms with van der Waals surface area (Å²) in [5, 5.41) is 15.9. The Bertz CT molecular complexity index is 813. The third-order valence-corrected chi connectivity index (χ3v) is 6.74. The topological polar surface area (TPSA) is 79.2 Å². The highest BCUT2D eigenvalue weighted by atomic mass is 32.2. The summed E-state index contributed by atoms with van der Waals surface area (Å²) in [6.07, 6.45) is 4.67. The lowest BCUT2D eigenvalue weighted by molar-refractivity contribution is -0.113. The fraction of sp³-hybridized carbons (Fsp3) is 0.600. The molecule has 1 amide bonds. The van der Waals surface area contributed by atoms with Crippen molar-refractivity contribution in [1.29, 1.82) is 0 Å². The van der Waals surface area contributed by atoms with Crippen molar-refractivity contribution in [3.8, 4) is 0 Å². The quantitative estimate of drug-likeness (QED) is 0.697. The Morgan fingerprint density at radius 3 is 2.69 bits per heavy atom. The Hall–Kier alpha value is -2.13. The highest BCUT2D eigenvalue weighted by molar-refractivity contribution is 7.99. The van der Waals surface area contributed by atoms with E-state index in [1.165, 1.54) is 24.6 Å². The molecule has 2 heterocycles. The second-order valence-electron chi connectivity index (χ2n) is 7.62. The second-order valence-corrected chi connectivity index (χ2v) is 8.56. The smallest absolute Gasteiger partial charge is 0.234 e. The molecule has 29 heavy (non-hydrogen) atoms. The summed E-state index contributed by atoms with van der Waals surface area (Å²) in [6, 6.07) is 8.44. The molecule has 156 valence electrons. The normalized spacial score (nSPS) is 18.3. The number of nitrogens with zero attached hydrogens (tertiary/aromatic N) is 6. The first-order valence-electron chi connectivity index (χ1n) is 10.5. The average molecular weight is 416 g/mol. The van der Waals surface area contributed by atoms with Crippen molar-refractivity contribution in [3.05, 3.63) is 24.3 Å². The summed E-state index contributed by atoms with van der Waals surface area (Å²) in [7, 11) is 0. The lowest BCUT2D eigenvalue weighted by atomic mass is 10.2. The SMILES string of the molecule is CCN1CCN(c2ccccc2NC(=O)CSc2nnnn2C2CCCC2)CC1. The maximum Gasteiger partial charge on any atom is 0.234 e. The molecule has 2 aliphatic rings. The molecular formula is C20H29N7OS. The molecule has 0 unspecified atom stereocenters. The lowest BCUT2D eigenvalue weighted by Gasteiger charge is -2.36. The van der Waals surface area contributed by atoms with Crippen LogP contribution >= 0.6 is 11.8 Å². The number of anilines is 2. The van der Waals surface area contributed by atoms with Gasteiger partial charge >= 0.3 is 0 Å². The Kier molecular flexibility index (Phi) is 6.66. The summed E-state index contributed by atoms with van der Waals surface area (Å²) >= 11 is 1.41. The Balaban J connectivity index is 1.35. The number of carbonyl (C=O) groups is 1. The van der Waals surface area contributed by atoms with Crippen molar-refractivity contribution in [3.63, 3.8) is 0 Å². The van der Waals surface area contributed by atoms with Gasteiger partial charge in [0.1, 0.15) is 0 Å². The van der Waals surface area contributed by atoms with E-state index < -0.39 is 0 Å². The highest BCUT2D eigenvalue weighted by Crippen LogP contribution is 2.31. The number of likely N-dealkylation sites (N-methyl/N-ethyl adjacent to an activating group) is 1. The van der Waals surface area contributed by atoms with E-state index in [4.69, 9.17) is 0 Å². The van der Waals surface area contributed by atoms with E-state index in [1.54, 1.807) is 0 Å². The minimum Gasteiger partial charge on any atom is -0.367 e. The minimum atomic E-state index is -0.0318. The lowest BCUT2D eigenvalue weighted by Crippen LogP contribution is -2.46. The number of para-hydroxylation sites is 2. The van der Waals surface area contributed by atoms with Gasteiger partial charge in [-0.1, -0.05) is 43.7 Å². The number of rotatable bonds is 7. The summed E-state index contributed by atoms with van der Waals surface area (Å²) < 4.78 is 1.89. The van der Waals surface area contributed by atoms with Gasteiger partial charge in [0.15, 0.2) is 0 Å². The van der Waals surface area contributed by atoms with Crippen LogP contribution in [0.2, 0.25) is 0 Å². The van der Waals surface area contributed by atoms with Gasteiger partial charge in [-0.25, -0.2) is 4.68 Å². The van der Waals surface area contributed by atoms with Crippen LogP contribution in [0.15, 0.2) is 29.4 Å². The third-order valence-electron chi connectivity index (χ3n) is 5.80. The van der Waals surface area contributed by atoms with Crippen LogP contribution in [0.3, 0.4) is 0 Å². The minimum absolute atomic E-state index is 0.0318. The molecule has 8 nitrogen and oxygen atoms in total. The number of hydrogen-bond donors (Lipinski definition) is 1. The van der Waals surface area contributed by atoms with Gasteiger partial charge in [0, 0.05) is 26.2 Å². The van der Waals surface area contributed by atoms with Gasteiger partial charge in [-0.05, 0) is 41.9 Å². The predicted octanol–water partition coefficient (Wildman–Crippen LogP) is 2.66. The zero-order valence-electron chi connectivity index (χ0n) is 17.0. The Morgan fingerprint density at radius 1 is 1.17 bits per heavy atom. The van der Waals surface area contributed by atoms with E-state index in [-0.39, 0.29) is 5.91 Å². The summed E-state index contributed by atoms with van der Waals surface area (Å²) in [5.74, 6) is 0.265. The predicted molar refractivity (Wildman–Crippen MR) is 115 cm³/mol. The monoisotopic (exact) mass is 415 g/mol. The number of carbonyl (C=O) groups excluding carboxylic acids is 1. The molecule has 0 radical (unpaired) electrons. The summed E-state index contributed by atoms with van der Waals surface area (Å²) in [4.78, 5) is 17.4. The Morgan fingerprint density at radius 2 is 1.93 bits per heavy atom. The van der Waals surface area contributed by atoms with Crippen LogP contribution in [-0.2, 0) is 4.79 Å². The first kappa shape index (κ1) is 20.2. The molecule has 2 fully saturated rings. The molecule has 0 bridgehead atoms. The molecule has 1 aliphatic heterocycles. The molecule has 1 aliphatic carbocycles. The van der Waals surface area contributed by atoms with E-state index in [1.807, 2.05) is 22.9 Å². The van der Waals surface area contributed by atoms with Gasteiger partial charge in [-0.3, -0.25) is 4.79 Å². The van der Waals surface area contributed by atoms with Crippen LogP contribution in [0.4, 0.5) is 11.4 Å². The van der Waals surface area contributed by atoms with Gasteiger partial charge in [-0.2, -0.15) is 0 Å². The number of aromatic nitrogens is 4. The molecular weight excluding hydrogens is 386 g/mol. The number of amides is 1. The number of nitrogens with one attached hydrogen (secondary N) is 1. The summed E-state index contributed by atoms with van der Waals surface area (Å²) in [5.41, 5.74) is 1.97. The van der Waals surface area contributed by atoms with Crippen molar-refractivity contribution in [1.82, 2.24) is 25.1 Å². The fourth-order valence-electron chi connectivity index (χ4n) is 4.13. The standard InChI is InChI=1S/C20H29N7OS/c1-2-25-11-13-26(14-12-25)18-10-6-5-9-17(18)21-19(28)15-29-20-22-23-24-27(20)16-7-3-4-8-16/h5-6,9-10,16H,2-4,7-8,11-15H2,1H3,(H,21,28). The molecule has 1 N–H and O–H groups in total. The van der Waals surface area contributed by atoms with Crippen LogP contribution in [0.1, 0.15) is 38.6 Å². The zero-order chi connectivity index (χ0) is 20.1. The van der Waals surface area contributed by atoms with Crippen molar-refractivity contribution in [2.75, 3.05) is 48.7 Å². The molecule has 1 aromatic carbocycles. The van der Waals surface area contributed by atoms with Crippen LogP contribution in [0.25, 0.3) is 0 Å². The van der Waals surface area contributed by atoms with Gasteiger partial charge in [0.2, 0.25) is 11.1 Å². The summed E-state index contributed by atoms with van der Waals surface area (Å²) in [6.45, 7) is 7.35. The Labute approximate surface area is 176 Å². The fourth-order valence-corrected chi connectivity index (χ4v) is 4.88. The molecule has 4 rings (SSSR count). The van der Waals surface area contributed by atoms with Crippen LogP contribution < -0.4 is 10.2 Å². The molecule has 9 heteroatoms. The average Bonchev–Trinajstić information content (AvgIpc) is 3.44. The van der Waals surface area contributed by atoms with Gasteiger partial charge in [0.25, 0.3) is 0 Å². The van der Waals surface area contributed by atoms with Crippen LogP contribution in [0.5, 0.6) is 0 Å². The maximum absolute atomic E-state index is 12.6. The first-order chi connectivity index (χ1) is 14.2. The molecule has 2 aromatic rings. The number of hydrogen-bond acceptors (Lipinski definition) is 7. The van der Waals surface area contributed by atoms with Crippen molar-refractivity contribution in [2.24, 2.45) is 0 Å².